The average Bonchev–Trinajstić information content (AvgIpc) is 1.61. The van der Waals surface area contributed by atoms with Crippen molar-refractivity contribution in [3.8, 4) is 0 Å². The van der Waals surface area contributed by atoms with Gasteiger partial charge in [0.25, 0.3) is 0 Å². The number of nitrogens with zero attached hydrogens (tertiary/aromatic N) is 4. The molecule has 0 N–H and O–H groups in total. The van der Waals surface area contributed by atoms with Gasteiger partial charge < -0.3 is 19.6 Å². The molecule has 4 heterocycles. The van der Waals surface area contributed by atoms with Crippen LogP contribution in [0.4, 0.5) is 62.6 Å². The van der Waals surface area contributed by atoms with E-state index in [0.717, 1.165) is 44.9 Å². The molecule has 9 aromatic carbocycles. The van der Waals surface area contributed by atoms with Crippen molar-refractivity contribution in [3.05, 3.63) is 261 Å². The minimum Gasteiger partial charge on any atom is -0.335 e. The Balaban J connectivity index is 0.000000249. The topological polar surface area (TPSA) is 13.0 Å². The number of anilines is 11. The summed E-state index contributed by atoms with van der Waals surface area (Å²) in [6, 6.07) is -7.08. The molecule has 1 aliphatic carbocycles. The van der Waals surface area contributed by atoms with E-state index in [2.05, 4.69) is 67.1 Å². The lowest BCUT2D eigenvalue weighted by molar-refractivity contribution is 0.590. The van der Waals surface area contributed by atoms with Gasteiger partial charge in [0.15, 0.2) is 0 Å². The molecule has 0 bridgehead atoms. The molecular formula is C96H115B2I3N4S2Si2. The van der Waals surface area contributed by atoms with Crippen LogP contribution in [0.3, 0.4) is 0 Å². The first-order valence-corrected chi connectivity index (χ1v) is 48.5. The number of halogens is 3. The second-order valence-corrected chi connectivity index (χ2v) is 58.7. The maximum Gasteiger partial charge on any atom is 0.355 e. The Labute approximate surface area is 757 Å². The monoisotopic (exact) mass is 1880 g/mol. The Morgan fingerprint density at radius 2 is 0.917 bits per heavy atom. The van der Waals surface area contributed by atoms with Crippen LogP contribution in [-0.2, 0) is 32.5 Å². The van der Waals surface area contributed by atoms with Crippen molar-refractivity contribution >= 4 is 211 Å². The Hall–Kier alpha value is -5.67. The van der Waals surface area contributed by atoms with Gasteiger partial charge in [0.1, 0.15) is 0 Å². The smallest absolute Gasteiger partial charge is 0.335 e. The van der Waals surface area contributed by atoms with E-state index in [1.165, 1.54) is 28.0 Å². The summed E-state index contributed by atoms with van der Waals surface area (Å²) >= 11 is 8.71. The zero-order chi connectivity index (χ0) is 110. The van der Waals surface area contributed by atoms with Crippen LogP contribution in [0, 0.1) is 13.7 Å². The zero-order valence-electron chi connectivity index (χ0n) is 102. The summed E-state index contributed by atoms with van der Waals surface area (Å²) in [5.41, 5.74) is -8.11. The molecule has 2 aliphatic heterocycles. The number of allylic oxidation sites excluding steroid dienone is 2. The molecule has 0 spiro atoms. The van der Waals surface area contributed by atoms with Gasteiger partial charge >= 0.3 is 0.282 Å². The molecule has 14 rings (SSSR count). The molecule has 109 heavy (non-hydrogen) atoms. The fourth-order valence-corrected chi connectivity index (χ4v) is 16.6. The third-order valence-electron chi connectivity index (χ3n) is 18.6. The van der Waals surface area contributed by atoms with Gasteiger partial charge in [0.2, 0.25) is 6.71 Å². The summed E-state index contributed by atoms with van der Waals surface area (Å²) in [6.45, 7) is 35.7. The number of thiophene rings is 2. The maximum absolute atomic E-state index is 10.2. The van der Waals surface area contributed by atoms with Crippen LogP contribution in [0.25, 0.3) is 20.2 Å². The third kappa shape index (κ3) is 17.8. The van der Waals surface area contributed by atoms with Crippen LogP contribution in [0.2, 0.25) is 45.1 Å². The van der Waals surface area contributed by atoms with E-state index in [9.17, 15) is 35.6 Å². The van der Waals surface area contributed by atoms with E-state index in [0.29, 0.717) is 9.97 Å². The van der Waals surface area contributed by atoms with Gasteiger partial charge in [-0.05, 0) is 217 Å². The predicted octanol–water partition coefficient (Wildman–Crippen LogP) is 29.6. The highest BCUT2D eigenvalue weighted by Crippen LogP contribution is 2.54. The Morgan fingerprint density at radius 1 is 0.468 bits per heavy atom. The number of hydrogen-bond acceptors (Lipinski definition) is 6. The highest BCUT2D eigenvalue weighted by Gasteiger charge is 2.51. The molecule has 2 atom stereocenters. The number of rotatable bonds is 10. The number of aryl methyl sites for hydroxylation is 2. The minimum atomic E-state index is -3.05. The van der Waals surface area contributed by atoms with Crippen molar-refractivity contribution in [2.24, 2.45) is 0 Å². The predicted molar refractivity (Wildman–Crippen MR) is 522 cm³/mol. The van der Waals surface area contributed by atoms with Gasteiger partial charge in [-0.2, -0.15) is 0 Å². The van der Waals surface area contributed by atoms with Crippen LogP contribution in [-0.4, -0.2) is 29.2 Å². The minimum absolute atomic E-state index is 0.000765. The van der Waals surface area contributed by atoms with Crippen molar-refractivity contribution in [2.75, 3.05) is 19.6 Å². The van der Waals surface area contributed by atoms with Crippen molar-refractivity contribution in [1.82, 2.24) is 0 Å². The van der Waals surface area contributed by atoms with Crippen molar-refractivity contribution in [2.45, 2.75) is 222 Å². The lowest BCUT2D eigenvalue weighted by Crippen LogP contribution is -2.61. The van der Waals surface area contributed by atoms with E-state index in [1.807, 2.05) is 60.1 Å². The standard InChI is InChI=1S/C48H57BN2SSi.C48H58N2SSi.BI3/c1-30-26-40-43-41(27-30)51(35-21-16-32(17-22-35)47(5,6)7)44-37-28-33(48(8,9)10)18-25-42(37)52-45(44)49(43)38-24-23-36(53(11,12)13)29-39(38)50(40)34-19-14-31(15-20-34)46(2,3)4;1-33-27-40(49(37-22-17-34(18-23-37)46(2,3)4)39-15-14-16-42(31-39)52(11,12)13)30-41(28-33)50(38-24-19-35(20-25-38)47(5,6)7)44-32-51-45-26-21-36(29-43(44)45)48(8,9)10;2-1(3)4/h14-29,38-39H,1-13H3;14-32H,1-13H3;/i1D3,14D,15D,16D,17D,18D,19D,20D,21D,22D,23D,24D,25D,28D,29D;1D3,14D,15D,16D,17D,18D,19D,20D,21D,22D,23D,24D,25D,26D,29D,31D,32D;. The quantitative estimate of drug-likeness (QED) is 0.0999. The molecule has 2 unspecified atom stereocenters. The number of fused-ring (bicyclic) bond motifs is 7. The molecule has 3 aliphatic rings. The highest BCUT2D eigenvalue weighted by atomic mass is 127. The first kappa shape index (κ1) is 47.9. The van der Waals surface area contributed by atoms with Crippen LogP contribution in [0.5, 0.6) is 0 Å². The van der Waals surface area contributed by atoms with Gasteiger partial charge in [-0.3, -0.25) is 0 Å². The van der Waals surface area contributed by atoms with Gasteiger partial charge in [0, 0.05) is 89.7 Å². The van der Waals surface area contributed by atoms with E-state index in [-0.39, 0.29) is 199 Å². The SMILES string of the molecule is IB(I)I.[2H]C1=C([2H])C2B3c4sc5c([2H])c([2H])c(C(C)(C)C)c([2H])c5c4N(c4c([2H])c([2H])c(C(C)(C)C)c([2H])c4[2H])c4cc(C([2H])([2H])[2H])cc(c43)N(c3c([2H])c([2H])c(C(C)(C)C)c([2H])c3[2H])C2C([2H])=C1[Si](C)(C)C.[2H]c1sc2c([2H])c([2H])c(C(C)(C)C)c([2H])c2c1N(c1cc(N(c2c([2H])c([2H])c(C(C)(C)C)c([2H])c2[2H])c2c([2H])c([2H])c([2H])c([Si](C)(C)C)c2[2H])cc(C([2H])([2H])[2H])c1)c1c([2H])c([2H])c(C(C)(C)C)c([2H])c1[2H]. The molecule has 4 nitrogen and oxygen atoms in total. The summed E-state index contributed by atoms with van der Waals surface area (Å²) in [6.07, 6.45) is 0. The first-order valence-electron chi connectivity index (χ1n) is 54.1. The van der Waals surface area contributed by atoms with E-state index in [1.54, 1.807) is 104 Å². The third-order valence-corrected chi connectivity index (χ3v) is 24.2. The average molecular weight is 1880 g/mol. The normalized spacial score (nSPS) is 20.5. The van der Waals surface area contributed by atoms with E-state index >= 15 is 0 Å². The van der Waals surface area contributed by atoms with Crippen molar-refractivity contribution in [3.63, 3.8) is 0 Å². The van der Waals surface area contributed by atoms with Gasteiger partial charge in [0.05, 0.1) is 74.7 Å². The molecular weight excluding hydrogens is 1730 g/mol. The summed E-state index contributed by atoms with van der Waals surface area (Å²) in [5, 5.41) is 0.105. The van der Waals surface area contributed by atoms with E-state index < -0.39 is 200 Å². The second-order valence-electron chi connectivity index (χ2n) is 35.9. The van der Waals surface area contributed by atoms with Gasteiger partial charge in [-0.1, -0.05) is 265 Å². The fourth-order valence-electron chi connectivity index (χ4n) is 12.6. The Kier molecular flexibility index (Phi) is 13.6. The molecule has 13 heteroatoms. The van der Waals surface area contributed by atoms with E-state index in [4.69, 9.17) is 13.7 Å². The van der Waals surface area contributed by atoms with Crippen LogP contribution < -0.4 is 35.0 Å². The number of hydrogen-bond donors (Lipinski definition) is 0. The number of benzene rings is 9. The molecule has 11 aromatic rings. The second kappa shape index (κ2) is 30.9. The molecule has 566 valence electrons. The maximum atomic E-state index is 10.2. The van der Waals surface area contributed by atoms with Gasteiger partial charge in [-0.25, -0.2) is 0 Å². The zero-order valence-corrected chi connectivity index (χ0v) is 76.5. The van der Waals surface area contributed by atoms with Crippen LogP contribution >= 0.6 is 89.8 Å². The van der Waals surface area contributed by atoms with Crippen molar-refractivity contribution < 1.29 is 49.3 Å². The van der Waals surface area contributed by atoms with Crippen LogP contribution in [0.1, 0.15) is 218 Å². The van der Waals surface area contributed by atoms with Crippen LogP contribution in [0.15, 0.2) is 216 Å². The lowest BCUT2D eigenvalue weighted by atomic mass is 9.31. The largest absolute Gasteiger partial charge is 0.355 e. The fraction of sp³-hybridized carbons (Fsp3) is 0.354. The van der Waals surface area contributed by atoms with Gasteiger partial charge in [-0.15, -0.1) is 89.8 Å². The molecule has 0 amide bonds. The molecule has 0 fully saturated rings. The molecule has 2 aromatic heterocycles. The summed E-state index contributed by atoms with van der Waals surface area (Å²) < 4.78 is 340. The summed E-state index contributed by atoms with van der Waals surface area (Å²) in [5.74, 6) is -1.24. The molecule has 0 saturated carbocycles. The first-order chi connectivity index (χ1) is 65.7. The van der Waals surface area contributed by atoms with Crippen molar-refractivity contribution in [1.29, 1.82) is 0 Å². The highest BCUT2D eigenvalue weighted by molar-refractivity contribution is 14.4. The Bertz CT molecular complexity index is 7250. The molecule has 0 saturated heterocycles. The summed E-state index contributed by atoms with van der Waals surface area (Å²) in [4.78, 5) is 4.96. The molecule has 0 radical (unpaired) electrons. The Morgan fingerprint density at radius 3 is 1.41 bits per heavy atom. The lowest BCUT2D eigenvalue weighted by Gasteiger charge is -2.50. The summed E-state index contributed by atoms with van der Waals surface area (Å²) in [7, 11) is -5.54.